The second kappa shape index (κ2) is 9.85. The van der Waals surface area contributed by atoms with Crippen molar-refractivity contribution in [2.45, 2.75) is 25.3 Å². The standard InChI is InChI=1S/C25H28N4O4/c1-28-13-14-29(24(32)21-11-12-22(30)27-25(33)26-21)16-20(23(28)31)15-17-7-9-19(10-8-17)18-5-3-2-4-6-18/h2-10,20-21H,11-16H2,1H3,(H2,26,27,30,33)/t20-,21-/m1/s1. The molecule has 2 atom stereocenters. The van der Waals surface area contributed by atoms with Gasteiger partial charge in [0.15, 0.2) is 0 Å². The van der Waals surface area contributed by atoms with Crippen LogP contribution in [0.15, 0.2) is 54.6 Å². The Bertz CT molecular complexity index is 1040. The van der Waals surface area contributed by atoms with Crippen LogP contribution in [0.3, 0.4) is 0 Å². The highest BCUT2D eigenvalue weighted by Gasteiger charge is 2.35. The summed E-state index contributed by atoms with van der Waals surface area (Å²) >= 11 is 0. The van der Waals surface area contributed by atoms with Gasteiger partial charge in [0.25, 0.3) is 0 Å². The molecule has 0 bridgehead atoms. The lowest BCUT2D eigenvalue weighted by Gasteiger charge is -2.27. The third kappa shape index (κ3) is 5.39. The molecule has 0 unspecified atom stereocenters. The Kier molecular flexibility index (Phi) is 6.72. The highest BCUT2D eigenvalue weighted by molar-refractivity contribution is 5.98. The number of hydrogen-bond donors (Lipinski definition) is 2. The van der Waals surface area contributed by atoms with Crippen molar-refractivity contribution in [3.63, 3.8) is 0 Å². The minimum Gasteiger partial charge on any atom is -0.344 e. The van der Waals surface area contributed by atoms with Crippen LogP contribution in [0.4, 0.5) is 4.79 Å². The summed E-state index contributed by atoms with van der Waals surface area (Å²) < 4.78 is 0. The predicted octanol–water partition coefficient (Wildman–Crippen LogP) is 1.80. The number of nitrogens with one attached hydrogen (secondary N) is 2. The number of imide groups is 1. The molecule has 8 nitrogen and oxygen atoms in total. The summed E-state index contributed by atoms with van der Waals surface area (Å²) in [6, 6.07) is 16.8. The molecule has 2 saturated heterocycles. The van der Waals surface area contributed by atoms with E-state index in [-0.39, 0.29) is 37.1 Å². The van der Waals surface area contributed by atoms with Crippen LogP contribution in [-0.2, 0) is 20.8 Å². The highest BCUT2D eigenvalue weighted by Crippen LogP contribution is 2.22. The van der Waals surface area contributed by atoms with Gasteiger partial charge in [0.2, 0.25) is 17.7 Å². The average molecular weight is 449 g/mol. The second-order valence-electron chi connectivity index (χ2n) is 8.62. The van der Waals surface area contributed by atoms with Crippen molar-refractivity contribution < 1.29 is 19.2 Å². The van der Waals surface area contributed by atoms with Gasteiger partial charge in [0, 0.05) is 33.1 Å². The zero-order chi connectivity index (χ0) is 23.4. The lowest BCUT2D eigenvalue weighted by Crippen LogP contribution is -2.51. The number of likely N-dealkylation sites (N-methyl/N-ethyl adjacent to an activating group) is 1. The van der Waals surface area contributed by atoms with E-state index < -0.39 is 18.0 Å². The summed E-state index contributed by atoms with van der Waals surface area (Å²) in [7, 11) is 1.75. The van der Waals surface area contributed by atoms with E-state index in [1.807, 2.05) is 42.5 Å². The monoisotopic (exact) mass is 448 g/mol. The summed E-state index contributed by atoms with van der Waals surface area (Å²) in [5, 5.41) is 4.77. The largest absolute Gasteiger partial charge is 0.344 e. The SMILES string of the molecule is CN1CCN(C(=O)[C@H]2CCC(=O)NC(=O)N2)C[C@@H](Cc2ccc(-c3ccccc3)cc2)C1=O. The van der Waals surface area contributed by atoms with Crippen LogP contribution in [0.1, 0.15) is 18.4 Å². The number of urea groups is 1. The highest BCUT2D eigenvalue weighted by atomic mass is 16.2. The number of nitrogens with zero attached hydrogens (tertiary/aromatic N) is 2. The van der Waals surface area contributed by atoms with E-state index in [4.69, 9.17) is 0 Å². The minimum atomic E-state index is -0.777. The third-order valence-corrected chi connectivity index (χ3v) is 6.24. The van der Waals surface area contributed by atoms with E-state index in [1.54, 1.807) is 16.8 Å². The Morgan fingerprint density at radius 2 is 1.67 bits per heavy atom. The summed E-state index contributed by atoms with van der Waals surface area (Å²) in [6.07, 6.45) is 0.848. The lowest BCUT2D eigenvalue weighted by molar-refractivity contribution is -0.135. The molecule has 172 valence electrons. The molecule has 0 saturated carbocycles. The molecular weight excluding hydrogens is 420 g/mol. The maximum atomic E-state index is 13.2. The molecule has 2 aliphatic heterocycles. The van der Waals surface area contributed by atoms with Crippen LogP contribution in [0.5, 0.6) is 0 Å². The van der Waals surface area contributed by atoms with Gasteiger partial charge in [-0.25, -0.2) is 4.79 Å². The van der Waals surface area contributed by atoms with Gasteiger partial charge in [-0.05, 0) is 29.5 Å². The zero-order valence-corrected chi connectivity index (χ0v) is 18.6. The molecule has 0 radical (unpaired) electrons. The van der Waals surface area contributed by atoms with E-state index >= 15 is 0 Å². The first-order valence-electron chi connectivity index (χ1n) is 11.2. The normalized spacial score (nSPS) is 21.7. The number of hydrogen-bond acceptors (Lipinski definition) is 4. The van der Waals surface area contributed by atoms with Gasteiger partial charge in [-0.1, -0.05) is 54.6 Å². The van der Waals surface area contributed by atoms with Crippen molar-refractivity contribution >= 4 is 23.8 Å². The van der Waals surface area contributed by atoms with Crippen molar-refractivity contribution in [2.24, 2.45) is 5.92 Å². The van der Waals surface area contributed by atoms with Crippen LogP contribution in [0, 0.1) is 5.92 Å². The first-order chi connectivity index (χ1) is 15.9. The van der Waals surface area contributed by atoms with Crippen molar-refractivity contribution in [3.8, 4) is 11.1 Å². The summed E-state index contributed by atoms with van der Waals surface area (Å²) in [4.78, 5) is 52.9. The van der Waals surface area contributed by atoms with Gasteiger partial charge >= 0.3 is 6.03 Å². The van der Waals surface area contributed by atoms with Crippen molar-refractivity contribution in [1.82, 2.24) is 20.4 Å². The Hall–Kier alpha value is -3.68. The Labute approximate surface area is 192 Å². The maximum absolute atomic E-state index is 13.2. The first kappa shape index (κ1) is 22.5. The molecule has 2 heterocycles. The van der Waals surface area contributed by atoms with Gasteiger partial charge in [0.1, 0.15) is 6.04 Å². The van der Waals surface area contributed by atoms with E-state index in [0.29, 0.717) is 19.5 Å². The minimum absolute atomic E-state index is 0.000757. The summed E-state index contributed by atoms with van der Waals surface area (Å²) in [5.41, 5.74) is 3.26. The van der Waals surface area contributed by atoms with Gasteiger partial charge in [-0.3, -0.25) is 19.7 Å². The van der Waals surface area contributed by atoms with Crippen molar-refractivity contribution in [1.29, 1.82) is 0 Å². The predicted molar refractivity (Wildman–Crippen MR) is 123 cm³/mol. The molecule has 4 rings (SSSR count). The van der Waals surface area contributed by atoms with E-state index in [1.165, 1.54) is 0 Å². The Balaban J connectivity index is 1.47. The Morgan fingerprint density at radius 3 is 2.39 bits per heavy atom. The molecule has 2 aromatic rings. The quantitative estimate of drug-likeness (QED) is 0.745. The Morgan fingerprint density at radius 1 is 0.970 bits per heavy atom. The molecule has 2 N–H and O–H groups in total. The van der Waals surface area contributed by atoms with Gasteiger partial charge in [0.05, 0.1) is 5.92 Å². The fourth-order valence-electron chi connectivity index (χ4n) is 4.37. The van der Waals surface area contributed by atoms with E-state index in [2.05, 4.69) is 22.8 Å². The molecule has 0 aromatic heterocycles. The molecule has 0 aliphatic carbocycles. The summed E-state index contributed by atoms with van der Waals surface area (Å²) in [5.74, 6) is -1.04. The first-order valence-corrected chi connectivity index (χ1v) is 11.2. The third-order valence-electron chi connectivity index (χ3n) is 6.24. The number of benzene rings is 2. The smallest absolute Gasteiger partial charge is 0.322 e. The molecule has 2 aromatic carbocycles. The van der Waals surface area contributed by atoms with Crippen LogP contribution in [0.25, 0.3) is 11.1 Å². The zero-order valence-electron chi connectivity index (χ0n) is 18.6. The fourth-order valence-corrected chi connectivity index (χ4v) is 4.37. The van der Waals surface area contributed by atoms with Crippen LogP contribution in [0.2, 0.25) is 0 Å². The molecule has 33 heavy (non-hydrogen) atoms. The lowest BCUT2D eigenvalue weighted by atomic mass is 9.95. The number of rotatable bonds is 4. The van der Waals surface area contributed by atoms with Crippen molar-refractivity contribution in [2.75, 3.05) is 26.7 Å². The molecular formula is C25H28N4O4. The molecule has 2 fully saturated rings. The molecule has 0 spiro atoms. The fraction of sp³-hybridized carbons (Fsp3) is 0.360. The van der Waals surface area contributed by atoms with E-state index in [0.717, 1.165) is 16.7 Å². The second-order valence-corrected chi connectivity index (χ2v) is 8.62. The molecule has 5 amide bonds. The average Bonchev–Trinajstić information content (AvgIpc) is 3.08. The summed E-state index contributed by atoms with van der Waals surface area (Å²) in [6.45, 7) is 1.08. The van der Waals surface area contributed by atoms with Crippen molar-refractivity contribution in [3.05, 3.63) is 60.2 Å². The number of carbonyl (C=O) groups excluding carboxylic acids is 4. The van der Waals surface area contributed by atoms with Crippen LogP contribution in [-0.4, -0.2) is 66.3 Å². The topological polar surface area (TPSA) is 98.8 Å². The van der Waals surface area contributed by atoms with Gasteiger partial charge < -0.3 is 15.1 Å². The van der Waals surface area contributed by atoms with Gasteiger partial charge in [-0.15, -0.1) is 0 Å². The maximum Gasteiger partial charge on any atom is 0.322 e. The van der Waals surface area contributed by atoms with Gasteiger partial charge in [-0.2, -0.15) is 0 Å². The van der Waals surface area contributed by atoms with Crippen LogP contribution >= 0.6 is 0 Å². The molecule has 2 aliphatic rings. The number of amides is 5. The van der Waals surface area contributed by atoms with E-state index in [9.17, 15) is 19.2 Å². The molecule has 8 heteroatoms. The van der Waals surface area contributed by atoms with Crippen LogP contribution < -0.4 is 10.6 Å². The number of carbonyl (C=O) groups is 4.